The van der Waals surface area contributed by atoms with Crippen molar-refractivity contribution in [2.75, 3.05) is 0 Å². The monoisotopic (exact) mass is 477 g/mol. The Bertz CT molecular complexity index is 1240. The van der Waals surface area contributed by atoms with Crippen LogP contribution in [0.2, 0.25) is 0 Å². The number of halogens is 2. The maximum Gasteiger partial charge on any atom is 0.247 e. The van der Waals surface area contributed by atoms with Gasteiger partial charge in [0.05, 0.1) is 6.42 Å². The molecule has 2 atom stereocenters. The number of hydrogen-bond donors (Lipinski definition) is 3. The van der Waals surface area contributed by atoms with Crippen LogP contribution < -0.4 is 16.0 Å². The Balaban J connectivity index is 1.44. The summed E-state index contributed by atoms with van der Waals surface area (Å²) in [6.45, 7) is 1.84. The summed E-state index contributed by atoms with van der Waals surface area (Å²) in [4.78, 5) is 37.7. The summed E-state index contributed by atoms with van der Waals surface area (Å²) >= 11 is 0. The molecule has 1 aliphatic heterocycles. The first-order valence-corrected chi connectivity index (χ1v) is 11.3. The van der Waals surface area contributed by atoms with Crippen LogP contribution in [0.4, 0.5) is 8.78 Å². The number of hydrogen-bond acceptors (Lipinski definition) is 3. The molecule has 0 spiro atoms. The van der Waals surface area contributed by atoms with Crippen molar-refractivity contribution < 1.29 is 23.2 Å². The summed E-state index contributed by atoms with van der Waals surface area (Å²) < 4.78 is 26.7. The van der Waals surface area contributed by atoms with Crippen LogP contribution >= 0.6 is 0 Å². The zero-order valence-electron chi connectivity index (χ0n) is 19.1. The van der Waals surface area contributed by atoms with Crippen LogP contribution in [0, 0.1) is 11.6 Å². The van der Waals surface area contributed by atoms with Crippen molar-refractivity contribution in [1.29, 1.82) is 0 Å². The van der Waals surface area contributed by atoms with Gasteiger partial charge in [0.25, 0.3) is 0 Å². The van der Waals surface area contributed by atoms with Crippen molar-refractivity contribution in [2.45, 2.75) is 38.4 Å². The molecule has 3 N–H and O–H groups in total. The standard InChI is InChI=1S/C27H25F2N3O3/c1-16(31-24(33)13-18-11-20(28)14-21(29)12-18)26(34)32-25-22-9-5-8-19(23(22)15-30-27(25)35)10-17-6-3-2-4-7-17/h2-9,11-12,14,16,25H,10,13,15H2,1H3,(H,30,35)(H,31,33)(H,32,34). The van der Waals surface area contributed by atoms with E-state index in [9.17, 15) is 23.2 Å². The van der Waals surface area contributed by atoms with Gasteiger partial charge in [-0.3, -0.25) is 14.4 Å². The van der Waals surface area contributed by atoms with Crippen molar-refractivity contribution >= 4 is 17.7 Å². The molecule has 180 valence electrons. The molecular formula is C27H25F2N3O3. The largest absolute Gasteiger partial charge is 0.350 e. The van der Waals surface area contributed by atoms with Crippen LogP contribution in [0.5, 0.6) is 0 Å². The Hall–Kier alpha value is -4.07. The number of amides is 3. The van der Waals surface area contributed by atoms with E-state index in [4.69, 9.17) is 0 Å². The second-order valence-electron chi connectivity index (χ2n) is 8.55. The first-order chi connectivity index (χ1) is 16.8. The van der Waals surface area contributed by atoms with Crippen LogP contribution in [0.3, 0.4) is 0 Å². The van der Waals surface area contributed by atoms with E-state index >= 15 is 0 Å². The highest BCUT2D eigenvalue weighted by atomic mass is 19.1. The quantitative estimate of drug-likeness (QED) is 0.489. The lowest BCUT2D eigenvalue weighted by Gasteiger charge is -2.29. The van der Waals surface area contributed by atoms with Gasteiger partial charge in [0.15, 0.2) is 0 Å². The first-order valence-electron chi connectivity index (χ1n) is 11.3. The number of carbonyl (C=O) groups excluding carboxylic acids is 3. The molecule has 35 heavy (non-hydrogen) atoms. The van der Waals surface area contributed by atoms with Crippen LogP contribution in [-0.4, -0.2) is 23.8 Å². The minimum Gasteiger partial charge on any atom is -0.350 e. The van der Waals surface area contributed by atoms with E-state index in [0.29, 0.717) is 18.5 Å². The lowest BCUT2D eigenvalue weighted by atomic mass is 9.89. The van der Waals surface area contributed by atoms with Crippen LogP contribution in [0.25, 0.3) is 0 Å². The number of nitrogens with one attached hydrogen (secondary N) is 3. The Morgan fingerprint density at radius 1 is 1.00 bits per heavy atom. The van der Waals surface area contributed by atoms with Gasteiger partial charge in [0.2, 0.25) is 17.7 Å². The molecule has 6 nitrogen and oxygen atoms in total. The minimum absolute atomic E-state index is 0.152. The van der Waals surface area contributed by atoms with Gasteiger partial charge in [0.1, 0.15) is 23.7 Å². The van der Waals surface area contributed by atoms with Crippen molar-refractivity contribution in [1.82, 2.24) is 16.0 Å². The molecule has 1 heterocycles. The molecule has 0 saturated heterocycles. The van der Waals surface area contributed by atoms with Gasteiger partial charge in [-0.2, -0.15) is 0 Å². The molecule has 3 aromatic carbocycles. The first kappa shape index (κ1) is 24.1. The van der Waals surface area contributed by atoms with E-state index in [1.807, 2.05) is 48.5 Å². The highest BCUT2D eigenvalue weighted by Gasteiger charge is 2.31. The molecule has 0 aliphatic carbocycles. The molecular weight excluding hydrogens is 452 g/mol. The topological polar surface area (TPSA) is 87.3 Å². The molecule has 2 unspecified atom stereocenters. The predicted molar refractivity (Wildman–Crippen MR) is 126 cm³/mol. The van der Waals surface area contributed by atoms with E-state index in [0.717, 1.165) is 34.9 Å². The third-order valence-corrected chi connectivity index (χ3v) is 5.90. The third-order valence-electron chi connectivity index (χ3n) is 5.90. The molecule has 0 aromatic heterocycles. The zero-order valence-corrected chi connectivity index (χ0v) is 19.1. The average Bonchev–Trinajstić information content (AvgIpc) is 2.81. The zero-order chi connectivity index (χ0) is 24.9. The fourth-order valence-electron chi connectivity index (χ4n) is 4.21. The fourth-order valence-corrected chi connectivity index (χ4v) is 4.21. The van der Waals surface area contributed by atoms with E-state index in [2.05, 4.69) is 16.0 Å². The van der Waals surface area contributed by atoms with Crippen molar-refractivity contribution in [3.63, 3.8) is 0 Å². The summed E-state index contributed by atoms with van der Waals surface area (Å²) in [7, 11) is 0. The summed E-state index contributed by atoms with van der Waals surface area (Å²) in [6.07, 6.45) is 0.398. The van der Waals surface area contributed by atoms with Crippen LogP contribution in [-0.2, 0) is 33.8 Å². The third kappa shape index (κ3) is 5.90. The smallest absolute Gasteiger partial charge is 0.247 e. The van der Waals surface area contributed by atoms with Crippen molar-refractivity contribution in [3.8, 4) is 0 Å². The molecule has 1 aliphatic rings. The lowest BCUT2D eigenvalue weighted by molar-refractivity contribution is -0.132. The molecule has 0 fully saturated rings. The molecule has 0 radical (unpaired) electrons. The van der Waals surface area contributed by atoms with E-state index in [1.165, 1.54) is 6.92 Å². The molecule has 0 saturated carbocycles. The van der Waals surface area contributed by atoms with Gasteiger partial charge in [-0.25, -0.2) is 8.78 Å². The second kappa shape index (κ2) is 10.5. The van der Waals surface area contributed by atoms with Crippen molar-refractivity contribution in [3.05, 3.63) is 106 Å². The molecule has 3 aromatic rings. The predicted octanol–water partition coefficient (Wildman–Crippen LogP) is 3.09. The Kier molecular flexibility index (Phi) is 7.19. The number of carbonyl (C=O) groups is 3. The highest BCUT2D eigenvalue weighted by Crippen LogP contribution is 2.27. The van der Waals surface area contributed by atoms with Gasteiger partial charge in [-0.1, -0.05) is 48.5 Å². The van der Waals surface area contributed by atoms with Gasteiger partial charge < -0.3 is 16.0 Å². The van der Waals surface area contributed by atoms with Crippen molar-refractivity contribution in [2.24, 2.45) is 0 Å². The van der Waals surface area contributed by atoms with Gasteiger partial charge in [-0.15, -0.1) is 0 Å². The molecule has 0 bridgehead atoms. The average molecular weight is 478 g/mol. The Labute approximate surface area is 201 Å². The van der Waals surface area contributed by atoms with Gasteiger partial charge >= 0.3 is 0 Å². The summed E-state index contributed by atoms with van der Waals surface area (Å²) in [5, 5.41) is 8.06. The normalized spacial score (nSPS) is 15.5. The molecule has 4 rings (SSSR count). The lowest BCUT2D eigenvalue weighted by Crippen LogP contribution is -2.50. The maximum absolute atomic E-state index is 13.4. The molecule has 8 heteroatoms. The van der Waals surface area contributed by atoms with E-state index in [1.54, 1.807) is 0 Å². The minimum atomic E-state index is -0.966. The highest BCUT2D eigenvalue weighted by molar-refractivity contribution is 5.93. The van der Waals surface area contributed by atoms with Gasteiger partial charge in [0, 0.05) is 12.6 Å². The van der Waals surface area contributed by atoms with E-state index < -0.39 is 35.5 Å². The summed E-state index contributed by atoms with van der Waals surface area (Å²) in [5.41, 5.74) is 4.00. The maximum atomic E-state index is 13.4. The Morgan fingerprint density at radius 2 is 1.71 bits per heavy atom. The Morgan fingerprint density at radius 3 is 2.43 bits per heavy atom. The van der Waals surface area contributed by atoms with E-state index in [-0.39, 0.29) is 17.9 Å². The van der Waals surface area contributed by atoms with Crippen LogP contribution in [0.1, 0.15) is 40.8 Å². The SMILES string of the molecule is CC(NC(=O)Cc1cc(F)cc(F)c1)C(=O)NC1C(=O)NCc2c(Cc3ccccc3)cccc21. The second-order valence-corrected chi connectivity index (χ2v) is 8.55. The summed E-state index contributed by atoms with van der Waals surface area (Å²) in [6, 6.07) is 16.6. The number of benzene rings is 3. The fraction of sp³-hybridized carbons (Fsp3) is 0.222. The van der Waals surface area contributed by atoms with Gasteiger partial charge in [-0.05, 0) is 53.3 Å². The molecule has 3 amide bonds. The number of rotatable bonds is 7. The van der Waals surface area contributed by atoms with Crippen LogP contribution in [0.15, 0.2) is 66.7 Å². The number of fused-ring (bicyclic) bond motifs is 1. The summed E-state index contributed by atoms with van der Waals surface area (Å²) in [5.74, 6) is -3.03.